The van der Waals surface area contributed by atoms with Crippen molar-refractivity contribution in [3.63, 3.8) is 0 Å². The van der Waals surface area contributed by atoms with Crippen LogP contribution in [0.25, 0.3) is 11.3 Å². The van der Waals surface area contributed by atoms with Crippen molar-refractivity contribution in [3.05, 3.63) is 36.2 Å². The number of rotatable bonds is 5. The predicted octanol–water partition coefficient (Wildman–Crippen LogP) is 3.44. The topological polar surface area (TPSA) is 60.5 Å². The number of carbonyl (C=O) groups excluding carboxylic acids is 1. The Labute approximate surface area is 126 Å². The average Bonchev–Trinajstić information content (AvgIpc) is 3.12. The van der Waals surface area contributed by atoms with Crippen molar-refractivity contribution in [1.29, 1.82) is 0 Å². The van der Waals surface area contributed by atoms with E-state index in [1.54, 1.807) is 6.08 Å². The lowest BCUT2D eigenvalue weighted by molar-refractivity contribution is -0.116. The molecule has 1 aliphatic heterocycles. The molecule has 6 heteroatoms. The number of ether oxygens (including phenoxy) is 2. The number of benzene rings is 1. The van der Waals surface area contributed by atoms with Gasteiger partial charge in [0.2, 0.25) is 12.7 Å². The number of thiazole rings is 1. The van der Waals surface area contributed by atoms with E-state index in [0.717, 1.165) is 22.8 Å². The summed E-state index contributed by atoms with van der Waals surface area (Å²) in [6, 6.07) is 5.67. The van der Waals surface area contributed by atoms with Crippen LogP contribution in [0.1, 0.15) is 12.8 Å². The fraction of sp³-hybridized carbons (Fsp3) is 0.200. The first kappa shape index (κ1) is 13.6. The van der Waals surface area contributed by atoms with Crippen molar-refractivity contribution < 1.29 is 14.3 Å². The van der Waals surface area contributed by atoms with Crippen molar-refractivity contribution in [2.45, 2.75) is 12.8 Å². The Hall–Kier alpha value is -2.34. The Morgan fingerprint density at radius 3 is 3.14 bits per heavy atom. The van der Waals surface area contributed by atoms with E-state index in [9.17, 15) is 4.79 Å². The van der Waals surface area contributed by atoms with Gasteiger partial charge in [-0.1, -0.05) is 6.08 Å². The highest BCUT2D eigenvalue weighted by atomic mass is 32.1. The second-order valence-corrected chi connectivity index (χ2v) is 5.34. The van der Waals surface area contributed by atoms with Gasteiger partial charge in [0.15, 0.2) is 16.6 Å². The van der Waals surface area contributed by atoms with Crippen molar-refractivity contribution in [2.75, 3.05) is 12.1 Å². The van der Waals surface area contributed by atoms with Crippen molar-refractivity contribution in [1.82, 2.24) is 4.98 Å². The molecule has 1 N–H and O–H groups in total. The molecule has 108 valence electrons. The molecule has 0 aliphatic carbocycles. The van der Waals surface area contributed by atoms with E-state index >= 15 is 0 Å². The zero-order valence-electron chi connectivity index (χ0n) is 11.3. The molecule has 0 spiro atoms. The number of nitrogens with one attached hydrogen (secondary N) is 1. The zero-order valence-corrected chi connectivity index (χ0v) is 12.1. The van der Waals surface area contributed by atoms with E-state index in [1.165, 1.54) is 11.3 Å². The van der Waals surface area contributed by atoms with Gasteiger partial charge in [0, 0.05) is 17.4 Å². The molecule has 1 aromatic carbocycles. The minimum Gasteiger partial charge on any atom is -0.454 e. The number of hydrogen-bond donors (Lipinski definition) is 1. The number of hydrogen-bond acceptors (Lipinski definition) is 5. The number of amides is 1. The molecule has 1 aliphatic rings. The molecule has 0 unspecified atom stereocenters. The molecule has 3 rings (SSSR count). The van der Waals surface area contributed by atoms with Crippen LogP contribution in [-0.2, 0) is 4.79 Å². The van der Waals surface area contributed by atoms with Gasteiger partial charge >= 0.3 is 0 Å². The van der Waals surface area contributed by atoms with Crippen LogP contribution >= 0.6 is 11.3 Å². The monoisotopic (exact) mass is 302 g/mol. The van der Waals surface area contributed by atoms with E-state index in [4.69, 9.17) is 9.47 Å². The van der Waals surface area contributed by atoms with Gasteiger partial charge in [0.25, 0.3) is 0 Å². The number of carbonyl (C=O) groups is 1. The van der Waals surface area contributed by atoms with Gasteiger partial charge in [-0.25, -0.2) is 4.98 Å². The highest BCUT2D eigenvalue weighted by Gasteiger charge is 2.15. The highest BCUT2D eigenvalue weighted by Crippen LogP contribution is 2.36. The molecule has 21 heavy (non-hydrogen) atoms. The molecule has 0 radical (unpaired) electrons. The minimum atomic E-state index is -0.0542. The van der Waals surface area contributed by atoms with Gasteiger partial charge in [0.1, 0.15) is 0 Å². The first-order valence-corrected chi connectivity index (χ1v) is 7.40. The van der Waals surface area contributed by atoms with Crippen LogP contribution in [0.3, 0.4) is 0 Å². The third-order valence-electron chi connectivity index (χ3n) is 2.99. The summed E-state index contributed by atoms with van der Waals surface area (Å²) < 4.78 is 10.6. The Morgan fingerprint density at radius 1 is 1.43 bits per heavy atom. The largest absolute Gasteiger partial charge is 0.454 e. The maximum atomic E-state index is 11.6. The summed E-state index contributed by atoms with van der Waals surface area (Å²) in [5.41, 5.74) is 1.74. The number of allylic oxidation sites excluding steroid dienone is 1. The first-order valence-electron chi connectivity index (χ1n) is 6.52. The smallest absolute Gasteiger partial charge is 0.231 e. The van der Waals surface area contributed by atoms with Gasteiger partial charge < -0.3 is 14.8 Å². The average molecular weight is 302 g/mol. The fourth-order valence-corrected chi connectivity index (χ4v) is 2.67. The number of aromatic nitrogens is 1. The highest BCUT2D eigenvalue weighted by molar-refractivity contribution is 7.14. The Morgan fingerprint density at radius 2 is 2.29 bits per heavy atom. The van der Waals surface area contributed by atoms with Crippen LogP contribution in [0, 0.1) is 0 Å². The molecule has 2 aromatic rings. The quantitative estimate of drug-likeness (QED) is 0.859. The van der Waals surface area contributed by atoms with Gasteiger partial charge in [-0.05, 0) is 24.6 Å². The van der Waals surface area contributed by atoms with E-state index in [2.05, 4.69) is 16.9 Å². The summed E-state index contributed by atoms with van der Waals surface area (Å²) in [5, 5.41) is 5.28. The summed E-state index contributed by atoms with van der Waals surface area (Å²) in [4.78, 5) is 16.1. The zero-order chi connectivity index (χ0) is 14.7. The van der Waals surface area contributed by atoms with Crippen molar-refractivity contribution >= 4 is 22.4 Å². The SMILES string of the molecule is C=CCCC(=O)Nc1nc(-c2ccc3c(c2)OCO3)cs1. The lowest BCUT2D eigenvalue weighted by Gasteiger charge is -2.00. The van der Waals surface area contributed by atoms with Crippen LogP contribution < -0.4 is 14.8 Å². The lowest BCUT2D eigenvalue weighted by atomic mass is 10.1. The summed E-state index contributed by atoms with van der Waals surface area (Å²) in [6.07, 6.45) is 2.80. The van der Waals surface area contributed by atoms with Gasteiger partial charge in [-0.15, -0.1) is 17.9 Å². The van der Waals surface area contributed by atoms with Gasteiger partial charge in [0.05, 0.1) is 5.69 Å². The number of fused-ring (bicyclic) bond motifs is 1. The second-order valence-electron chi connectivity index (χ2n) is 4.48. The minimum absolute atomic E-state index is 0.0542. The molecule has 0 saturated heterocycles. The third-order valence-corrected chi connectivity index (χ3v) is 3.75. The molecular formula is C15H14N2O3S. The van der Waals surface area contributed by atoms with E-state index in [1.807, 2.05) is 23.6 Å². The third kappa shape index (κ3) is 3.05. The molecule has 0 fully saturated rings. The van der Waals surface area contributed by atoms with Crippen LogP contribution in [0.5, 0.6) is 11.5 Å². The van der Waals surface area contributed by atoms with Crippen LogP contribution in [0.15, 0.2) is 36.2 Å². The van der Waals surface area contributed by atoms with Gasteiger partial charge in [-0.3, -0.25) is 4.79 Å². The Kier molecular flexibility index (Phi) is 3.87. The van der Waals surface area contributed by atoms with E-state index in [0.29, 0.717) is 18.0 Å². The molecular weight excluding hydrogens is 288 g/mol. The fourth-order valence-electron chi connectivity index (χ4n) is 1.93. The predicted molar refractivity (Wildman–Crippen MR) is 81.7 cm³/mol. The Bertz CT molecular complexity index is 681. The summed E-state index contributed by atoms with van der Waals surface area (Å²) in [5.74, 6) is 1.41. The molecule has 5 nitrogen and oxygen atoms in total. The standard InChI is InChI=1S/C15H14N2O3S/c1-2-3-4-14(18)17-15-16-11(8-21-15)10-5-6-12-13(7-10)20-9-19-12/h2,5-8H,1,3-4,9H2,(H,16,17,18). The summed E-state index contributed by atoms with van der Waals surface area (Å²) >= 11 is 1.40. The lowest BCUT2D eigenvalue weighted by Crippen LogP contribution is -2.10. The molecule has 2 heterocycles. The van der Waals surface area contributed by atoms with Gasteiger partial charge in [-0.2, -0.15) is 0 Å². The van der Waals surface area contributed by atoms with Crippen molar-refractivity contribution in [2.24, 2.45) is 0 Å². The maximum Gasteiger partial charge on any atom is 0.231 e. The Balaban J connectivity index is 1.72. The van der Waals surface area contributed by atoms with Crippen LogP contribution in [0.2, 0.25) is 0 Å². The normalized spacial score (nSPS) is 12.2. The first-order chi connectivity index (χ1) is 10.3. The molecule has 1 amide bonds. The summed E-state index contributed by atoms with van der Waals surface area (Å²) in [7, 11) is 0. The number of nitrogens with zero attached hydrogens (tertiary/aromatic N) is 1. The molecule has 1 aromatic heterocycles. The van der Waals surface area contributed by atoms with Crippen molar-refractivity contribution in [3.8, 4) is 22.8 Å². The van der Waals surface area contributed by atoms with E-state index in [-0.39, 0.29) is 12.7 Å². The molecule has 0 saturated carbocycles. The molecule has 0 bridgehead atoms. The summed E-state index contributed by atoms with van der Waals surface area (Å²) in [6.45, 7) is 3.85. The molecule has 0 atom stereocenters. The number of anilines is 1. The second kappa shape index (κ2) is 5.97. The van der Waals surface area contributed by atoms with Crippen LogP contribution in [-0.4, -0.2) is 17.7 Å². The maximum absolute atomic E-state index is 11.6. The van der Waals surface area contributed by atoms with Crippen LogP contribution in [0.4, 0.5) is 5.13 Å². The van der Waals surface area contributed by atoms with E-state index < -0.39 is 0 Å².